The van der Waals surface area contributed by atoms with E-state index in [4.69, 9.17) is 5.73 Å². The van der Waals surface area contributed by atoms with Gasteiger partial charge in [-0.2, -0.15) is 0 Å². The highest BCUT2D eigenvalue weighted by Gasteiger charge is 2.25. The average Bonchev–Trinajstić information content (AvgIpc) is 3.16. The van der Waals surface area contributed by atoms with Crippen LogP contribution in [0.25, 0.3) is 0 Å². The molecule has 0 saturated heterocycles. The number of aromatic nitrogens is 5. The first-order valence-corrected chi connectivity index (χ1v) is 11.8. The maximum Gasteiger partial charge on any atom is 0.330 e. The van der Waals surface area contributed by atoms with Crippen LogP contribution in [0.5, 0.6) is 0 Å². The lowest BCUT2D eigenvalue weighted by Crippen LogP contribution is -2.41. The van der Waals surface area contributed by atoms with Crippen LogP contribution in [-0.2, 0) is 24.4 Å². The number of carbonyl (C=O) groups is 1. The number of thioether (sulfide) groups is 1. The fraction of sp³-hybridized carbons (Fsp3) is 0.409. The van der Waals surface area contributed by atoms with E-state index in [-0.39, 0.29) is 29.7 Å². The van der Waals surface area contributed by atoms with E-state index < -0.39 is 11.2 Å². The van der Waals surface area contributed by atoms with Crippen LogP contribution in [0.2, 0.25) is 0 Å². The quantitative estimate of drug-likeness (QED) is 0.433. The van der Waals surface area contributed by atoms with Crippen molar-refractivity contribution in [2.45, 2.75) is 58.4 Å². The smallest absolute Gasteiger partial charge is 0.330 e. The van der Waals surface area contributed by atoms with Gasteiger partial charge >= 0.3 is 5.69 Å². The van der Waals surface area contributed by atoms with Crippen LogP contribution in [0.15, 0.2) is 45.1 Å². The first-order valence-electron chi connectivity index (χ1n) is 10.9. The number of anilines is 2. The lowest BCUT2D eigenvalue weighted by molar-refractivity contribution is -0.116. The van der Waals surface area contributed by atoms with Gasteiger partial charge in [0.2, 0.25) is 5.91 Å². The van der Waals surface area contributed by atoms with E-state index in [0.717, 1.165) is 17.8 Å². The Bertz CT molecular complexity index is 1220. The van der Waals surface area contributed by atoms with Gasteiger partial charge in [0, 0.05) is 13.1 Å². The van der Waals surface area contributed by atoms with Crippen LogP contribution >= 0.6 is 11.8 Å². The molecular formula is C22H29N7O3S. The minimum atomic E-state index is -0.688. The van der Waals surface area contributed by atoms with Crippen LogP contribution in [0.3, 0.4) is 0 Å². The molecule has 1 aromatic carbocycles. The summed E-state index contributed by atoms with van der Waals surface area (Å²) in [7, 11) is 0. The molecule has 0 spiro atoms. The van der Waals surface area contributed by atoms with Gasteiger partial charge in [-0.1, -0.05) is 55.4 Å². The lowest BCUT2D eigenvalue weighted by atomic mass is 10.2. The molecule has 0 fully saturated rings. The molecule has 0 aliphatic heterocycles. The maximum atomic E-state index is 13.4. The van der Waals surface area contributed by atoms with Crippen LogP contribution in [0.1, 0.15) is 38.1 Å². The molecule has 33 heavy (non-hydrogen) atoms. The second-order valence-corrected chi connectivity index (χ2v) is 8.47. The van der Waals surface area contributed by atoms with E-state index in [1.165, 1.54) is 21.2 Å². The SMILES string of the molecule is CCCCn1c(N)c(N(Cc2ccccc2)C(=O)CSc2nnc(C)n2CC)c(=O)[nH]c1=O. The van der Waals surface area contributed by atoms with E-state index >= 15 is 0 Å². The Labute approximate surface area is 195 Å². The second-order valence-electron chi connectivity index (χ2n) is 7.53. The summed E-state index contributed by atoms with van der Waals surface area (Å²) in [6.45, 7) is 6.99. The number of nitrogens with zero attached hydrogens (tertiary/aromatic N) is 5. The number of H-pyrrole nitrogens is 1. The fourth-order valence-electron chi connectivity index (χ4n) is 3.47. The monoisotopic (exact) mass is 471 g/mol. The van der Waals surface area contributed by atoms with E-state index in [2.05, 4.69) is 15.2 Å². The number of nitrogen functional groups attached to an aromatic ring is 1. The van der Waals surface area contributed by atoms with E-state index in [1.807, 2.05) is 55.7 Å². The van der Waals surface area contributed by atoms with Crippen LogP contribution in [0.4, 0.5) is 11.5 Å². The van der Waals surface area contributed by atoms with Crippen molar-refractivity contribution in [3.05, 3.63) is 62.6 Å². The molecule has 0 atom stereocenters. The first-order chi connectivity index (χ1) is 15.9. The van der Waals surface area contributed by atoms with Gasteiger partial charge in [0.05, 0.1) is 12.3 Å². The van der Waals surface area contributed by atoms with E-state index in [0.29, 0.717) is 24.7 Å². The number of nitrogens with one attached hydrogen (secondary N) is 1. The van der Waals surface area contributed by atoms with Crippen molar-refractivity contribution in [2.75, 3.05) is 16.4 Å². The summed E-state index contributed by atoms with van der Waals surface area (Å²) in [5.41, 5.74) is 5.83. The highest BCUT2D eigenvalue weighted by Crippen LogP contribution is 2.23. The van der Waals surface area contributed by atoms with E-state index in [9.17, 15) is 14.4 Å². The zero-order chi connectivity index (χ0) is 24.0. The topological polar surface area (TPSA) is 132 Å². The first kappa shape index (κ1) is 24.3. The molecule has 0 unspecified atom stereocenters. The average molecular weight is 472 g/mol. The summed E-state index contributed by atoms with van der Waals surface area (Å²) in [6.07, 6.45) is 1.56. The number of rotatable bonds is 10. The third-order valence-electron chi connectivity index (χ3n) is 5.25. The summed E-state index contributed by atoms with van der Waals surface area (Å²) in [5.74, 6) is 0.444. The molecule has 0 aliphatic carbocycles. The van der Waals surface area contributed by atoms with Crippen molar-refractivity contribution < 1.29 is 4.79 Å². The largest absolute Gasteiger partial charge is 0.383 e. The van der Waals surface area contributed by atoms with Crippen LogP contribution in [0, 0.1) is 6.92 Å². The lowest BCUT2D eigenvalue weighted by Gasteiger charge is -2.24. The molecule has 0 saturated carbocycles. The Morgan fingerprint density at radius 1 is 1.15 bits per heavy atom. The van der Waals surface area contributed by atoms with Gasteiger partial charge in [-0.15, -0.1) is 10.2 Å². The van der Waals surface area contributed by atoms with Crippen molar-refractivity contribution in [2.24, 2.45) is 0 Å². The highest BCUT2D eigenvalue weighted by atomic mass is 32.2. The minimum Gasteiger partial charge on any atom is -0.383 e. The number of hydrogen-bond acceptors (Lipinski definition) is 7. The number of hydrogen-bond donors (Lipinski definition) is 2. The molecule has 10 nitrogen and oxygen atoms in total. The van der Waals surface area contributed by atoms with Crippen molar-refractivity contribution >= 4 is 29.2 Å². The Hall–Kier alpha value is -3.34. The van der Waals surface area contributed by atoms with Crippen LogP contribution < -0.4 is 21.9 Å². The van der Waals surface area contributed by atoms with Crippen molar-refractivity contribution in [3.63, 3.8) is 0 Å². The number of benzene rings is 1. The summed E-state index contributed by atoms with van der Waals surface area (Å²) < 4.78 is 3.22. The molecular weight excluding hydrogens is 442 g/mol. The number of carbonyl (C=O) groups excluding carboxylic acids is 1. The van der Waals surface area contributed by atoms with Gasteiger partial charge < -0.3 is 10.3 Å². The molecule has 1 amide bonds. The van der Waals surface area contributed by atoms with Crippen molar-refractivity contribution in [3.8, 4) is 0 Å². The molecule has 0 radical (unpaired) electrons. The van der Waals surface area contributed by atoms with Crippen molar-refractivity contribution in [1.29, 1.82) is 0 Å². The number of aryl methyl sites for hydroxylation is 1. The molecule has 2 heterocycles. The predicted molar refractivity (Wildman–Crippen MR) is 129 cm³/mol. The van der Waals surface area contributed by atoms with Crippen molar-refractivity contribution in [1.82, 2.24) is 24.3 Å². The van der Waals surface area contributed by atoms with Crippen LogP contribution in [-0.4, -0.2) is 36.0 Å². The summed E-state index contributed by atoms with van der Waals surface area (Å²) in [4.78, 5) is 42.2. The summed E-state index contributed by atoms with van der Waals surface area (Å²) in [5, 5.41) is 8.83. The molecule has 3 aromatic rings. The van der Waals surface area contributed by atoms with Gasteiger partial charge in [0.25, 0.3) is 5.56 Å². The summed E-state index contributed by atoms with van der Waals surface area (Å²) >= 11 is 1.24. The zero-order valence-electron chi connectivity index (χ0n) is 19.1. The number of aromatic amines is 1. The second kappa shape index (κ2) is 11.0. The Morgan fingerprint density at radius 2 is 1.88 bits per heavy atom. The predicted octanol–water partition coefficient (Wildman–Crippen LogP) is 2.16. The molecule has 2 aromatic heterocycles. The van der Waals surface area contributed by atoms with Gasteiger partial charge in [-0.05, 0) is 25.8 Å². The van der Waals surface area contributed by atoms with Gasteiger partial charge in [-0.25, -0.2) is 4.79 Å². The third-order valence-corrected chi connectivity index (χ3v) is 6.20. The molecule has 3 rings (SSSR count). The van der Waals surface area contributed by atoms with Gasteiger partial charge in [0.15, 0.2) is 10.8 Å². The molecule has 0 aliphatic rings. The fourth-order valence-corrected chi connectivity index (χ4v) is 4.39. The molecule has 11 heteroatoms. The van der Waals surface area contributed by atoms with E-state index in [1.54, 1.807) is 0 Å². The standard InChI is InChI=1S/C22H29N7O3S/c1-4-6-12-28-19(23)18(20(31)24-21(28)32)29(13-16-10-8-7-9-11-16)17(30)14-33-22-26-25-15(3)27(22)5-2/h7-11H,4-6,12-14,23H2,1-3H3,(H,24,31,32). The summed E-state index contributed by atoms with van der Waals surface area (Å²) in [6, 6.07) is 9.31. The van der Waals surface area contributed by atoms with Gasteiger partial charge in [-0.3, -0.25) is 24.0 Å². The molecule has 176 valence electrons. The normalized spacial score (nSPS) is 11.0. The van der Waals surface area contributed by atoms with Gasteiger partial charge in [0.1, 0.15) is 11.6 Å². The Morgan fingerprint density at radius 3 is 2.55 bits per heavy atom. The highest BCUT2D eigenvalue weighted by molar-refractivity contribution is 7.99. The maximum absolute atomic E-state index is 13.4. The third kappa shape index (κ3) is 5.54. The zero-order valence-corrected chi connectivity index (χ0v) is 19.9. The molecule has 3 N–H and O–H groups in total. The number of nitrogens with two attached hydrogens (primary N) is 1. The Kier molecular flexibility index (Phi) is 8.10. The Balaban J connectivity index is 1.99. The number of amides is 1. The molecule has 0 bridgehead atoms. The number of unbranched alkanes of at least 4 members (excludes halogenated alkanes) is 1. The minimum absolute atomic E-state index is 0.0148.